The lowest BCUT2D eigenvalue weighted by Gasteiger charge is -2.12. The van der Waals surface area contributed by atoms with Gasteiger partial charge in [-0.3, -0.25) is 4.90 Å². The first-order valence-electron chi connectivity index (χ1n) is 7.44. The number of nitriles is 1. The highest BCUT2D eigenvalue weighted by molar-refractivity contribution is 5.89. The first-order valence-corrected chi connectivity index (χ1v) is 7.44. The van der Waals surface area contributed by atoms with E-state index in [1.807, 2.05) is 6.07 Å². The summed E-state index contributed by atoms with van der Waals surface area (Å²) in [6.45, 7) is 0.452. The Labute approximate surface area is 147 Å². The molecule has 0 unspecified atom stereocenters. The molecular weight excluding hydrogens is 351 g/mol. The number of likely N-dealkylation sites (N-methyl/N-ethyl adjacent to an activating group) is 1. The van der Waals surface area contributed by atoms with Crippen LogP contribution in [0.5, 0.6) is 5.75 Å². The number of aromatic nitrogens is 1. The van der Waals surface area contributed by atoms with Gasteiger partial charge in [0.15, 0.2) is 0 Å². The van der Waals surface area contributed by atoms with Gasteiger partial charge in [0.05, 0.1) is 18.2 Å². The lowest BCUT2D eigenvalue weighted by molar-refractivity contribution is -0.364. The van der Waals surface area contributed by atoms with Crippen molar-refractivity contribution in [3.63, 3.8) is 0 Å². The fourth-order valence-electron chi connectivity index (χ4n) is 2.00. The molecule has 1 aromatic carbocycles. The molecule has 0 aliphatic heterocycles. The van der Waals surface area contributed by atoms with Crippen LogP contribution in [0.4, 0.5) is 19.0 Å². The van der Waals surface area contributed by atoms with Gasteiger partial charge in [-0.05, 0) is 30.3 Å². The molecule has 0 saturated carbocycles. The zero-order chi connectivity index (χ0) is 19.2. The van der Waals surface area contributed by atoms with Crippen LogP contribution in [0.25, 0.3) is 0 Å². The topological polar surface area (TPSA) is 76.7 Å². The predicted octanol–water partition coefficient (Wildman–Crippen LogP) is 2.56. The van der Waals surface area contributed by atoms with Crippen LogP contribution < -0.4 is 14.6 Å². The van der Waals surface area contributed by atoms with Crippen molar-refractivity contribution in [1.29, 1.82) is 5.26 Å². The maximum absolute atomic E-state index is 12.1. The van der Waals surface area contributed by atoms with Gasteiger partial charge >= 0.3 is 12.3 Å². The molecule has 0 spiro atoms. The minimum atomic E-state index is -4.78. The van der Waals surface area contributed by atoms with Crippen LogP contribution in [-0.4, -0.2) is 32.5 Å². The van der Waals surface area contributed by atoms with E-state index in [2.05, 4.69) is 9.72 Å². The maximum atomic E-state index is 12.1. The molecule has 6 nitrogen and oxygen atoms in total. The molecule has 0 bridgehead atoms. The molecule has 0 amide bonds. The second kappa shape index (κ2) is 8.20. The normalized spacial score (nSPS) is 10.7. The number of aromatic amines is 1. The SMILES string of the molecule is CN(CCOC(=O)c1ccc(OC(F)(F)F)cc1)c1ccc(C#N)c[nH+]1. The molecule has 0 fully saturated rings. The number of carbonyl (C=O) groups is 1. The number of nitrogens with one attached hydrogen (secondary N) is 1. The van der Waals surface area contributed by atoms with E-state index in [4.69, 9.17) is 10.00 Å². The fraction of sp³-hybridized carbons (Fsp3) is 0.235. The molecule has 1 heterocycles. The smallest absolute Gasteiger partial charge is 0.458 e. The zero-order valence-electron chi connectivity index (χ0n) is 13.7. The van der Waals surface area contributed by atoms with Gasteiger partial charge in [0.1, 0.15) is 31.2 Å². The van der Waals surface area contributed by atoms with Crippen molar-refractivity contribution in [3.8, 4) is 11.8 Å². The Morgan fingerprint density at radius 2 is 1.92 bits per heavy atom. The van der Waals surface area contributed by atoms with Gasteiger partial charge in [0.2, 0.25) is 0 Å². The van der Waals surface area contributed by atoms with Gasteiger partial charge in [-0.2, -0.15) is 5.26 Å². The third-order valence-corrected chi connectivity index (χ3v) is 3.32. The number of benzene rings is 1. The van der Waals surface area contributed by atoms with Gasteiger partial charge in [0.25, 0.3) is 5.82 Å². The summed E-state index contributed by atoms with van der Waals surface area (Å²) >= 11 is 0. The highest BCUT2D eigenvalue weighted by Gasteiger charge is 2.31. The number of anilines is 1. The predicted molar refractivity (Wildman–Crippen MR) is 84.4 cm³/mol. The number of ether oxygens (including phenoxy) is 2. The summed E-state index contributed by atoms with van der Waals surface area (Å²) in [5.41, 5.74) is 0.610. The van der Waals surface area contributed by atoms with E-state index in [0.717, 1.165) is 18.0 Å². The van der Waals surface area contributed by atoms with Crippen LogP contribution in [-0.2, 0) is 4.74 Å². The van der Waals surface area contributed by atoms with E-state index in [1.165, 1.54) is 12.1 Å². The van der Waals surface area contributed by atoms with Crippen molar-refractivity contribution in [1.82, 2.24) is 0 Å². The first-order chi connectivity index (χ1) is 12.3. The van der Waals surface area contributed by atoms with Crippen LogP contribution >= 0.6 is 0 Å². The van der Waals surface area contributed by atoms with Gasteiger partial charge in [-0.1, -0.05) is 0 Å². The Bertz CT molecular complexity index is 784. The first kappa shape index (κ1) is 19.1. The van der Waals surface area contributed by atoms with Crippen molar-refractivity contribution >= 4 is 11.8 Å². The number of halogens is 3. The summed E-state index contributed by atoms with van der Waals surface area (Å²) < 4.78 is 45.1. The summed E-state index contributed by atoms with van der Waals surface area (Å²) in [4.78, 5) is 16.6. The van der Waals surface area contributed by atoms with Gasteiger partial charge < -0.3 is 9.47 Å². The Hall–Kier alpha value is -3.28. The molecule has 0 radical (unpaired) electrons. The third-order valence-electron chi connectivity index (χ3n) is 3.32. The standard InChI is InChI=1S/C17H14F3N3O3/c1-23(15-7-2-12(10-21)11-22-15)8-9-25-16(24)13-3-5-14(6-4-13)26-17(18,19)20/h2-7,11H,8-9H2,1H3/p+1. The van der Waals surface area contributed by atoms with Gasteiger partial charge in [-0.25, -0.2) is 9.78 Å². The minimum absolute atomic E-state index is 0.0734. The second-order valence-electron chi connectivity index (χ2n) is 5.20. The summed E-state index contributed by atoms with van der Waals surface area (Å²) in [5.74, 6) is -0.334. The van der Waals surface area contributed by atoms with E-state index >= 15 is 0 Å². The fourth-order valence-corrected chi connectivity index (χ4v) is 2.00. The number of nitrogens with zero attached hydrogens (tertiary/aromatic N) is 2. The van der Waals surface area contributed by atoms with E-state index in [9.17, 15) is 18.0 Å². The molecule has 9 heteroatoms. The quantitative estimate of drug-likeness (QED) is 0.735. The van der Waals surface area contributed by atoms with Crippen molar-refractivity contribution in [2.75, 3.05) is 25.1 Å². The number of H-pyrrole nitrogens is 1. The van der Waals surface area contributed by atoms with E-state index in [1.54, 1.807) is 30.3 Å². The van der Waals surface area contributed by atoms with Crippen LogP contribution in [0.15, 0.2) is 42.6 Å². The number of hydrogen-bond acceptors (Lipinski definition) is 5. The van der Waals surface area contributed by atoms with Crippen molar-refractivity contribution < 1.29 is 32.4 Å². The van der Waals surface area contributed by atoms with E-state index in [0.29, 0.717) is 12.1 Å². The maximum Gasteiger partial charge on any atom is 0.573 e. The Balaban J connectivity index is 1.83. The average Bonchev–Trinajstić information content (AvgIpc) is 2.61. The van der Waals surface area contributed by atoms with Crippen molar-refractivity contribution in [2.24, 2.45) is 0 Å². The van der Waals surface area contributed by atoms with Gasteiger partial charge in [-0.15, -0.1) is 13.2 Å². The molecule has 1 aromatic heterocycles. The minimum Gasteiger partial charge on any atom is -0.458 e. The number of pyridine rings is 1. The second-order valence-corrected chi connectivity index (χ2v) is 5.20. The molecular formula is C17H15F3N3O3+. The van der Waals surface area contributed by atoms with Crippen molar-refractivity contribution in [2.45, 2.75) is 6.36 Å². The zero-order valence-corrected chi connectivity index (χ0v) is 13.7. The average molecular weight is 366 g/mol. The Morgan fingerprint density at radius 3 is 2.46 bits per heavy atom. The summed E-state index contributed by atoms with van der Waals surface area (Å²) in [7, 11) is 1.77. The monoisotopic (exact) mass is 366 g/mol. The third kappa shape index (κ3) is 5.66. The van der Waals surface area contributed by atoms with E-state index in [-0.39, 0.29) is 12.2 Å². The molecule has 2 rings (SSSR count). The summed E-state index contributed by atoms with van der Waals surface area (Å²) in [6, 6.07) is 9.85. The van der Waals surface area contributed by atoms with Crippen molar-refractivity contribution in [3.05, 3.63) is 53.7 Å². The Morgan fingerprint density at radius 1 is 1.23 bits per heavy atom. The number of carbonyl (C=O) groups excluding carboxylic acids is 1. The molecule has 0 atom stereocenters. The highest BCUT2D eigenvalue weighted by atomic mass is 19.4. The largest absolute Gasteiger partial charge is 0.573 e. The summed E-state index contributed by atoms with van der Waals surface area (Å²) in [5, 5.41) is 8.75. The number of esters is 1. The van der Waals surface area contributed by atoms with E-state index < -0.39 is 18.1 Å². The molecule has 2 aromatic rings. The van der Waals surface area contributed by atoms with Gasteiger partial charge in [0, 0.05) is 6.07 Å². The number of rotatable bonds is 6. The molecule has 0 aliphatic carbocycles. The highest BCUT2D eigenvalue weighted by Crippen LogP contribution is 2.22. The lowest BCUT2D eigenvalue weighted by atomic mass is 10.2. The molecule has 0 saturated heterocycles. The number of hydrogen-bond donors (Lipinski definition) is 0. The van der Waals surface area contributed by atoms with Crippen LogP contribution in [0.3, 0.4) is 0 Å². The molecule has 26 heavy (non-hydrogen) atoms. The molecule has 0 aliphatic rings. The van der Waals surface area contributed by atoms with Crippen LogP contribution in [0.2, 0.25) is 0 Å². The Kier molecular flexibility index (Phi) is 6.01. The summed E-state index contributed by atoms with van der Waals surface area (Å²) in [6.07, 6.45) is -3.22. The van der Waals surface area contributed by atoms with Crippen LogP contribution in [0.1, 0.15) is 15.9 Å². The van der Waals surface area contributed by atoms with Crippen LogP contribution in [0, 0.1) is 11.3 Å². The lowest BCUT2D eigenvalue weighted by Crippen LogP contribution is -2.29. The molecule has 1 N–H and O–H groups in total. The molecule has 136 valence electrons. The number of alkyl halides is 3.